The molecule has 356 valence electrons. The van der Waals surface area contributed by atoms with Crippen LogP contribution in [0.15, 0.2) is 130 Å². The van der Waals surface area contributed by atoms with Crippen LogP contribution in [0.3, 0.4) is 0 Å². The number of aryl methyl sites for hydroxylation is 2. The van der Waals surface area contributed by atoms with E-state index in [2.05, 4.69) is 54.7 Å². The highest BCUT2D eigenvalue weighted by atomic mass is 127. The molecule has 0 saturated carbocycles. The first kappa shape index (κ1) is 53.3. The van der Waals surface area contributed by atoms with E-state index in [0.29, 0.717) is 18.3 Å². The molecule has 6 rings (SSSR count). The van der Waals surface area contributed by atoms with E-state index in [4.69, 9.17) is 0 Å². The Balaban J connectivity index is 0.000000247. The summed E-state index contributed by atoms with van der Waals surface area (Å²) in [6.07, 6.45) is -1.71. The van der Waals surface area contributed by atoms with E-state index >= 15 is 0 Å². The van der Waals surface area contributed by atoms with Crippen molar-refractivity contribution >= 4 is 84.3 Å². The molecule has 0 bridgehead atoms. The summed E-state index contributed by atoms with van der Waals surface area (Å²) < 4.78 is 126. The van der Waals surface area contributed by atoms with Gasteiger partial charge in [0.1, 0.15) is 0 Å². The maximum Gasteiger partial charge on any atom is 0.376 e. The third kappa shape index (κ3) is 12.1. The average molecular weight is 1180 g/mol. The van der Waals surface area contributed by atoms with E-state index in [1.807, 2.05) is 74.5 Å². The molecule has 4 aromatic carbocycles. The van der Waals surface area contributed by atoms with Crippen LogP contribution < -0.4 is 0 Å². The third-order valence-corrected chi connectivity index (χ3v) is 17.6. The standard InChI is InChI=1S/2C24H26F2INO4S/c2*1-4-32-22(29)24(25,26)15-23(3)16-28(33(30,31)19-12-10-17(2)11-13-19)14-20(23)21(27)18-8-6-5-7-9-18/h2*5-13H,4,14-16H2,1-3H3/b2*21-20+/t2*23-/m10/s1. The Labute approximate surface area is 412 Å². The molecule has 2 saturated heterocycles. The zero-order valence-corrected chi connectivity index (χ0v) is 43.2. The minimum absolute atomic E-state index is 0.0429. The molecule has 2 fully saturated rings. The van der Waals surface area contributed by atoms with Gasteiger partial charge in [-0.25, -0.2) is 26.4 Å². The van der Waals surface area contributed by atoms with Gasteiger partial charge < -0.3 is 9.47 Å². The maximum atomic E-state index is 14.9. The van der Waals surface area contributed by atoms with E-state index < -0.39 is 67.5 Å². The van der Waals surface area contributed by atoms with Gasteiger partial charge >= 0.3 is 23.8 Å². The van der Waals surface area contributed by atoms with Crippen molar-refractivity contribution in [1.82, 2.24) is 8.61 Å². The Morgan fingerprint density at radius 3 is 1.17 bits per heavy atom. The molecule has 0 aromatic heterocycles. The molecular weight excluding hydrogens is 1130 g/mol. The van der Waals surface area contributed by atoms with Crippen LogP contribution in [0.2, 0.25) is 0 Å². The Bertz CT molecular complexity index is 2490. The largest absolute Gasteiger partial charge is 0.462 e. The number of esters is 2. The molecule has 2 atom stereocenters. The van der Waals surface area contributed by atoms with Crippen molar-refractivity contribution in [2.45, 2.75) is 76.0 Å². The van der Waals surface area contributed by atoms with Crippen LogP contribution in [0.4, 0.5) is 17.6 Å². The third-order valence-electron chi connectivity index (χ3n) is 11.5. The molecular formula is C48H52F4I2N2O8S2. The highest BCUT2D eigenvalue weighted by Gasteiger charge is 2.55. The molecule has 18 heteroatoms. The van der Waals surface area contributed by atoms with E-state index in [1.54, 1.807) is 38.1 Å². The van der Waals surface area contributed by atoms with E-state index in [0.717, 1.165) is 22.3 Å². The van der Waals surface area contributed by atoms with Gasteiger partial charge in [-0.15, -0.1) is 0 Å². The fraction of sp³-hybridized carbons (Fsp3) is 0.375. The van der Waals surface area contributed by atoms with Crippen LogP contribution in [0.5, 0.6) is 0 Å². The first-order valence-electron chi connectivity index (χ1n) is 20.9. The molecule has 2 aliphatic heterocycles. The van der Waals surface area contributed by atoms with Crippen LogP contribution in [0.25, 0.3) is 7.16 Å². The minimum atomic E-state index is -3.93. The van der Waals surface area contributed by atoms with Crippen molar-refractivity contribution in [2.75, 3.05) is 39.4 Å². The summed E-state index contributed by atoms with van der Waals surface area (Å²) in [7, 11) is -7.85. The first-order chi connectivity index (χ1) is 30.8. The van der Waals surface area contributed by atoms with Crippen LogP contribution in [0, 0.1) is 24.7 Å². The average Bonchev–Trinajstić information content (AvgIpc) is 3.80. The molecule has 0 aliphatic carbocycles. The van der Waals surface area contributed by atoms with E-state index in [1.165, 1.54) is 46.7 Å². The number of carbonyl (C=O) groups is 2. The fourth-order valence-corrected chi connectivity index (χ4v) is 13.4. The summed E-state index contributed by atoms with van der Waals surface area (Å²) in [5.74, 6) is -10.7. The van der Waals surface area contributed by atoms with Crippen molar-refractivity contribution in [1.29, 1.82) is 0 Å². The Hall–Kier alpha value is -3.70. The molecule has 0 amide bonds. The van der Waals surface area contributed by atoms with Gasteiger partial charge in [0.2, 0.25) is 20.0 Å². The lowest BCUT2D eigenvalue weighted by atomic mass is 9.78. The normalized spacial score (nSPS) is 21.2. The Morgan fingerprint density at radius 2 is 0.879 bits per heavy atom. The van der Waals surface area contributed by atoms with Crippen molar-refractivity contribution < 1.29 is 53.5 Å². The van der Waals surface area contributed by atoms with E-state index in [-0.39, 0.29) is 49.2 Å². The van der Waals surface area contributed by atoms with Gasteiger partial charge in [-0.05, 0) is 119 Å². The summed E-state index contributed by atoms with van der Waals surface area (Å²) >= 11 is 4.15. The maximum absolute atomic E-state index is 14.9. The molecule has 66 heavy (non-hydrogen) atoms. The number of carbonyl (C=O) groups excluding carboxylic acids is 2. The van der Waals surface area contributed by atoms with Gasteiger partial charge in [0, 0.05) is 57.0 Å². The summed E-state index contributed by atoms with van der Waals surface area (Å²) in [5.41, 5.74) is 1.97. The van der Waals surface area contributed by atoms with Gasteiger partial charge in [0.15, 0.2) is 0 Å². The van der Waals surface area contributed by atoms with E-state index in [9.17, 15) is 44.0 Å². The number of hydrogen-bond acceptors (Lipinski definition) is 8. The second-order valence-electron chi connectivity index (χ2n) is 16.8. The molecule has 0 unspecified atom stereocenters. The highest BCUT2D eigenvalue weighted by Crippen LogP contribution is 2.51. The van der Waals surface area contributed by atoms with Gasteiger partial charge in [-0.3, -0.25) is 0 Å². The summed E-state index contributed by atoms with van der Waals surface area (Å²) in [4.78, 5) is 24.1. The first-order valence-corrected chi connectivity index (χ1v) is 26.0. The molecule has 10 nitrogen and oxygen atoms in total. The smallest absolute Gasteiger partial charge is 0.376 e. The highest BCUT2D eigenvalue weighted by molar-refractivity contribution is 14.1. The van der Waals surface area contributed by atoms with Gasteiger partial charge in [0.25, 0.3) is 0 Å². The molecule has 4 aromatic rings. The van der Waals surface area contributed by atoms with Crippen molar-refractivity contribution in [3.63, 3.8) is 0 Å². The summed E-state index contributed by atoms with van der Waals surface area (Å²) in [5, 5.41) is 0. The monoisotopic (exact) mass is 1180 g/mol. The lowest BCUT2D eigenvalue weighted by Crippen LogP contribution is -2.39. The van der Waals surface area contributed by atoms with Gasteiger partial charge in [-0.2, -0.15) is 26.2 Å². The number of rotatable bonds is 14. The number of benzene rings is 4. The minimum Gasteiger partial charge on any atom is -0.462 e. The number of ether oxygens (including phenoxy) is 2. The predicted octanol–water partition coefficient (Wildman–Crippen LogP) is 10.9. The number of sulfonamides is 2. The Kier molecular flexibility index (Phi) is 17.2. The number of hydrogen-bond donors (Lipinski definition) is 0. The molecule has 0 radical (unpaired) electrons. The van der Waals surface area contributed by atoms with Gasteiger partial charge in [-0.1, -0.05) is 110 Å². The Morgan fingerprint density at radius 1 is 0.576 bits per heavy atom. The van der Waals surface area contributed by atoms with Crippen LogP contribution in [-0.2, 0) is 39.1 Å². The number of halogens is 6. The second kappa shape index (κ2) is 21.3. The zero-order valence-electron chi connectivity index (χ0n) is 37.3. The molecule has 0 N–H and O–H groups in total. The molecule has 0 spiro atoms. The zero-order chi connectivity index (χ0) is 48.9. The lowest BCUT2D eigenvalue weighted by Gasteiger charge is -2.30. The van der Waals surface area contributed by atoms with Crippen LogP contribution in [-0.4, -0.2) is 88.6 Å². The predicted molar refractivity (Wildman–Crippen MR) is 263 cm³/mol. The van der Waals surface area contributed by atoms with Crippen LogP contribution in [0.1, 0.15) is 62.8 Å². The molecule has 2 heterocycles. The summed E-state index contributed by atoms with van der Waals surface area (Å²) in [6.45, 7) is 9.04. The SMILES string of the molecule is CCOC(=O)C(F)(F)C[C@@]1(C)CN(S(=O)(=O)c2ccc(C)cc2)C/C1=C(\I)c1ccccc1.CCOC(=O)C(F)(F)C[C@]1(C)CN(S(=O)(=O)c2ccc(C)cc2)C/C1=C(\I)c1ccccc1. The molecule has 2 aliphatic rings. The fourth-order valence-electron chi connectivity index (χ4n) is 7.98. The number of alkyl halides is 4. The summed E-state index contributed by atoms with van der Waals surface area (Å²) in [6, 6.07) is 31.2. The van der Waals surface area contributed by atoms with Gasteiger partial charge in [0.05, 0.1) is 23.0 Å². The van der Waals surface area contributed by atoms with Crippen molar-refractivity contribution in [3.05, 3.63) is 143 Å². The van der Waals surface area contributed by atoms with Crippen LogP contribution >= 0.6 is 45.2 Å². The quantitative estimate of drug-likeness (QED) is 0.0694. The topological polar surface area (TPSA) is 127 Å². The lowest BCUT2D eigenvalue weighted by molar-refractivity contribution is -0.175. The van der Waals surface area contributed by atoms with Crippen molar-refractivity contribution in [2.24, 2.45) is 10.8 Å². The second-order valence-corrected chi connectivity index (χ2v) is 22.8. The number of nitrogens with zero attached hydrogens (tertiary/aromatic N) is 2. The van der Waals surface area contributed by atoms with Crippen molar-refractivity contribution in [3.8, 4) is 0 Å².